The summed E-state index contributed by atoms with van der Waals surface area (Å²) in [6.07, 6.45) is -0.479. The van der Waals surface area contributed by atoms with Crippen LogP contribution in [0, 0.1) is 0 Å². The van der Waals surface area contributed by atoms with Gasteiger partial charge in [-0.05, 0) is 51.9 Å². The van der Waals surface area contributed by atoms with Crippen LogP contribution in [0.3, 0.4) is 0 Å². The van der Waals surface area contributed by atoms with Gasteiger partial charge in [0.1, 0.15) is 14.0 Å². The van der Waals surface area contributed by atoms with Crippen molar-refractivity contribution >= 4 is 26.0 Å². The lowest BCUT2D eigenvalue weighted by Gasteiger charge is -2.26. The summed E-state index contributed by atoms with van der Waals surface area (Å²) in [5, 5.41) is 0. The molecule has 0 saturated carbocycles. The van der Waals surface area contributed by atoms with Crippen molar-refractivity contribution in [1.29, 1.82) is 0 Å². The molecule has 2 fully saturated rings. The summed E-state index contributed by atoms with van der Waals surface area (Å²) in [4.78, 5) is 0. The zero-order valence-electron chi connectivity index (χ0n) is 17.7. The third-order valence-corrected chi connectivity index (χ3v) is 8.04. The van der Waals surface area contributed by atoms with E-state index in [0.29, 0.717) is 25.2 Å². The van der Waals surface area contributed by atoms with Gasteiger partial charge >= 0.3 is 6.80 Å². The van der Waals surface area contributed by atoms with Crippen molar-refractivity contribution in [2.75, 3.05) is 26.1 Å². The molecule has 0 spiro atoms. The molecule has 7 nitrogen and oxygen atoms in total. The Morgan fingerprint density at radius 1 is 1.26 bits per heavy atom. The summed E-state index contributed by atoms with van der Waals surface area (Å²) < 4.78 is 54.7. The Balaban J connectivity index is 1.93. The Morgan fingerprint density at radius 2 is 2.00 bits per heavy atom. The number of rotatable bonds is 11. The number of hydrogen-bond acceptors (Lipinski definition) is 8. The SMILES string of the molecule is [3H][C@H]1CC(OC(C)C)[C@@H](CSP(=O)(OC)OC2C[C@H]([B])O[C@@H]2COC(C)C)O1. The third kappa shape index (κ3) is 7.63. The lowest BCUT2D eigenvalue weighted by Crippen LogP contribution is -2.30. The van der Waals surface area contributed by atoms with Crippen molar-refractivity contribution < 1.29 is 33.9 Å². The largest absolute Gasteiger partial charge is 0.389 e. The highest BCUT2D eigenvalue weighted by Crippen LogP contribution is 2.62. The second-order valence-electron chi connectivity index (χ2n) is 7.20. The van der Waals surface area contributed by atoms with Gasteiger partial charge in [0.05, 0.1) is 38.5 Å². The minimum absolute atomic E-state index is 0.0238. The highest BCUT2D eigenvalue weighted by Gasteiger charge is 2.41. The van der Waals surface area contributed by atoms with Gasteiger partial charge in [0.25, 0.3) is 0 Å². The summed E-state index contributed by atoms with van der Waals surface area (Å²) in [5.74, 6) is 0.338. The molecule has 2 aliphatic heterocycles. The Hall–Kier alpha value is 0.405. The molecule has 27 heavy (non-hydrogen) atoms. The van der Waals surface area contributed by atoms with Gasteiger partial charge in [0.15, 0.2) is 0 Å². The van der Waals surface area contributed by atoms with Crippen LogP contribution in [0.5, 0.6) is 0 Å². The molecule has 10 heteroatoms. The van der Waals surface area contributed by atoms with E-state index in [2.05, 4.69) is 0 Å². The van der Waals surface area contributed by atoms with Crippen LogP contribution in [0.1, 0.15) is 41.9 Å². The summed E-state index contributed by atoms with van der Waals surface area (Å²) in [6.45, 7) is 3.93. The van der Waals surface area contributed by atoms with E-state index in [-0.39, 0.29) is 24.4 Å². The van der Waals surface area contributed by atoms with Gasteiger partial charge in [-0.2, -0.15) is 0 Å². The molecule has 7 atom stereocenters. The predicted molar refractivity (Wildman–Crippen MR) is 106 cm³/mol. The summed E-state index contributed by atoms with van der Waals surface area (Å²) in [7, 11) is 7.24. The van der Waals surface area contributed by atoms with Crippen molar-refractivity contribution in [3.8, 4) is 0 Å². The van der Waals surface area contributed by atoms with Gasteiger partial charge in [0, 0.05) is 25.4 Å². The van der Waals surface area contributed by atoms with Crippen LogP contribution < -0.4 is 0 Å². The van der Waals surface area contributed by atoms with E-state index in [9.17, 15) is 4.57 Å². The zero-order valence-corrected chi connectivity index (χ0v) is 18.4. The molecule has 2 radical (unpaired) electrons. The Morgan fingerprint density at radius 3 is 2.63 bits per heavy atom. The molecule has 2 rings (SSSR count). The first-order chi connectivity index (χ1) is 13.1. The normalized spacial score (nSPS) is 37.1. The molecule has 0 N–H and O–H groups in total. The van der Waals surface area contributed by atoms with Gasteiger partial charge in [-0.25, -0.2) is 4.57 Å². The Kier molecular flexibility index (Phi) is 8.98. The van der Waals surface area contributed by atoms with E-state index < -0.39 is 31.6 Å². The molecule has 156 valence electrons. The topological polar surface area (TPSA) is 72.5 Å². The lowest BCUT2D eigenvalue weighted by molar-refractivity contribution is -0.0426. The van der Waals surface area contributed by atoms with Crippen molar-refractivity contribution in [3.05, 3.63) is 0 Å². The molecule has 2 aliphatic rings. The molecule has 3 unspecified atom stereocenters. The average Bonchev–Trinajstić information content (AvgIpc) is 3.12. The van der Waals surface area contributed by atoms with Crippen LogP contribution in [-0.4, -0.2) is 76.5 Å². The molecule has 0 aromatic heterocycles. The average molecular weight is 424 g/mol. The zero-order chi connectivity index (χ0) is 20.9. The first-order valence-corrected chi connectivity index (χ1v) is 12.5. The molecular weight excluding hydrogens is 390 g/mol. The van der Waals surface area contributed by atoms with Crippen molar-refractivity contribution in [1.82, 2.24) is 0 Å². The van der Waals surface area contributed by atoms with Gasteiger partial charge < -0.3 is 23.5 Å². The molecule has 2 heterocycles. The van der Waals surface area contributed by atoms with Crippen LogP contribution in [0.25, 0.3) is 0 Å². The molecule has 0 amide bonds. The van der Waals surface area contributed by atoms with Crippen LogP contribution in [0.2, 0.25) is 0 Å². The van der Waals surface area contributed by atoms with E-state index in [0.717, 1.165) is 11.4 Å². The molecule has 0 bridgehead atoms. The van der Waals surface area contributed by atoms with Crippen LogP contribution in [-0.2, 0) is 32.6 Å². The second-order valence-corrected chi connectivity index (χ2v) is 11.4. The highest BCUT2D eigenvalue weighted by atomic mass is 32.7. The quantitative estimate of drug-likeness (QED) is 0.370. The first-order valence-electron chi connectivity index (χ1n) is 9.94. The monoisotopic (exact) mass is 424 g/mol. The predicted octanol–water partition coefficient (Wildman–Crippen LogP) is 3.15. The molecule has 0 aromatic rings. The minimum Gasteiger partial charge on any atom is -0.380 e. The van der Waals surface area contributed by atoms with E-state index in [1.54, 1.807) is 0 Å². The fourth-order valence-corrected chi connectivity index (χ4v) is 6.15. The van der Waals surface area contributed by atoms with E-state index >= 15 is 0 Å². The van der Waals surface area contributed by atoms with Crippen molar-refractivity contribution in [2.24, 2.45) is 0 Å². The third-order valence-electron chi connectivity index (χ3n) is 4.17. The van der Waals surface area contributed by atoms with Gasteiger partial charge in [0.2, 0.25) is 0 Å². The Bertz CT molecular complexity index is 530. The molecule has 0 aromatic carbocycles. The standard InChI is InChI=1S/C17H32BO7PS/c1-11(2)22-9-15-14(8-17(18)24-15)25-26(19,20-5)27-10-16-13(6-7-21-16)23-12(3)4/h11-17H,6-10H2,1-5H3/t13?,14?,15-,16-,17-,26?/m1/s1/i7T/t7-,13?,14?,15+,16+,17+,26?/m0. The van der Waals surface area contributed by atoms with E-state index in [1.165, 1.54) is 7.11 Å². The van der Waals surface area contributed by atoms with Crippen LogP contribution in [0.4, 0.5) is 0 Å². The number of ether oxygens (including phenoxy) is 4. The summed E-state index contributed by atoms with van der Waals surface area (Å²) in [6, 6.07) is -0.493. The maximum absolute atomic E-state index is 13.1. The lowest BCUT2D eigenvalue weighted by atomic mass is 9.96. The van der Waals surface area contributed by atoms with Gasteiger partial charge in [-0.3, -0.25) is 4.52 Å². The van der Waals surface area contributed by atoms with Crippen molar-refractivity contribution in [2.45, 2.75) is 83.2 Å². The Labute approximate surface area is 169 Å². The van der Waals surface area contributed by atoms with E-state index in [1.807, 2.05) is 27.7 Å². The molecule has 2 saturated heterocycles. The first kappa shape index (κ1) is 22.1. The fraction of sp³-hybridized carbons (Fsp3) is 1.00. The van der Waals surface area contributed by atoms with Crippen molar-refractivity contribution in [3.63, 3.8) is 0 Å². The maximum atomic E-state index is 13.1. The fourth-order valence-electron chi connectivity index (χ4n) is 2.90. The van der Waals surface area contributed by atoms with Crippen LogP contribution >= 0.6 is 18.2 Å². The van der Waals surface area contributed by atoms with Crippen LogP contribution in [0.15, 0.2) is 0 Å². The summed E-state index contributed by atoms with van der Waals surface area (Å²) >= 11 is 1.05. The molecular formula is C17H32BO7PS. The smallest absolute Gasteiger partial charge is 0.380 e. The van der Waals surface area contributed by atoms with Gasteiger partial charge in [-0.15, -0.1) is 0 Å². The van der Waals surface area contributed by atoms with E-state index in [4.69, 9.17) is 37.2 Å². The highest BCUT2D eigenvalue weighted by molar-refractivity contribution is 8.55. The maximum Gasteiger partial charge on any atom is 0.389 e. The summed E-state index contributed by atoms with van der Waals surface area (Å²) in [5.41, 5.74) is 0. The molecule has 0 aliphatic carbocycles. The van der Waals surface area contributed by atoms with Gasteiger partial charge in [-0.1, -0.05) is 0 Å². The minimum atomic E-state index is -3.46. The number of hydrogen-bond donors (Lipinski definition) is 0. The second kappa shape index (κ2) is 11.0.